The van der Waals surface area contributed by atoms with Crippen LogP contribution in [0.5, 0.6) is 17.2 Å². The Morgan fingerprint density at radius 2 is 1.86 bits per heavy atom. The van der Waals surface area contributed by atoms with Crippen molar-refractivity contribution in [2.45, 2.75) is 0 Å². The molecule has 6 heteroatoms. The molecule has 0 heterocycles. The van der Waals surface area contributed by atoms with E-state index in [-0.39, 0.29) is 0 Å². The molecule has 0 fully saturated rings. The summed E-state index contributed by atoms with van der Waals surface area (Å²) in [5, 5.41) is 9.58. The number of halogens is 2. The Hall–Kier alpha value is -1.90. The molecule has 0 unspecified atom stereocenters. The molecule has 0 aliphatic carbocycles. The molecular formula is C16H13BrClNO3. The summed E-state index contributed by atoms with van der Waals surface area (Å²) in [6, 6.07) is 12.6. The Kier molecular flexibility index (Phi) is 5.93. The maximum Gasteiger partial charge on any atom is 0.151 e. The van der Waals surface area contributed by atoms with Gasteiger partial charge < -0.3 is 14.2 Å². The summed E-state index contributed by atoms with van der Waals surface area (Å²) >= 11 is 9.23. The fourth-order valence-corrected chi connectivity index (χ4v) is 2.71. The van der Waals surface area contributed by atoms with Crippen LogP contribution in [0, 0.1) is 11.3 Å². The maximum atomic E-state index is 9.10. The largest absolute Gasteiger partial charge is 0.497 e. The molecule has 0 spiro atoms. The van der Waals surface area contributed by atoms with Crippen LogP contribution in [0.1, 0.15) is 5.56 Å². The Balaban J connectivity index is 1.93. The molecule has 0 aliphatic heterocycles. The number of methoxy groups -OCH3 is 1. The van der Waals surface area contributed by atoms with Gasteiger partial charge in [0.1, 0.15) is 30.8 Å². The van der Waals surface area contributed by atoms with Crippen molar-refractivity contribution in [2.75, 3.05) is 20.3 Å². The van der Waals surface area contributed by atoms with Gasteiger partial charge in [-0.15, -0.1) is 0 Å². The van der Waals surface area contributed by atoms with E-state index in [2.05, 4.69) is 22.0 Å². The molecule has 0 aromatic heterocycles. The van der Waals surface area contributed by atoms with Gasteiger partial charge in [0, 0.05) is 11.1 Å². The third kappa shape index (κ3) is 4.30. The standard InChI is InChI=1S/C16H13BrClNO3/c1-20-13-3-2-4-14(9-13)21-5-6-22-16-11(10-19)7-12(18)8-15(16)17/h2-4,7-9H,5-6H2,1H3. The van der Waals surface area contributed by atoms with Crippen molar-refractivity contribution in [3.8, 4) is 23.3 Å². The van der Waals surface area contributed by atoms with Gasteiger partial charge in [-0.05, 0) is 40.2 Å². The van der Waals surface area contributed by atoms with E-state index in [1.165, 1.54) is 0 Å². The highest BCUT2D eigenvalue weighted by atomic mass is 79.9. The van der Waals surface area contributed by atoms with Crippen LogP contribution in [-0.4, -0.2) is 20.3 Å². The first-order valence-corrected chi connectivity index (χ1v) is 7.60. The van der Waals surface area contributed by atoms with Crippen molar-refractivity contribution >= 4 is 27.5 Å². The van der Waals surface area contributed by atoms with Crippen molar-refractivity contribution in [3.05, 3.63) is 51.5 Å². The zero-order valence-corrected chi connectivity index (χ0v) is 14.1. The highest BCUT2D eigenvalue weighted by Crippen LogP contribution is 2.32. The van der Waals surface area contributed by atoms with Crippen molar-refractivity contribution in [3.63, 3.8) is 0 Å². The van der Waals surface area contributed by atoms with E-state index in [4.69, 9.17) is 31.1 Å². The Labute approximate surface area is 142 Å². The normalized spacial score (nSPS) is 9.91. The molecule has 0 amide bonds. The van der Waals surface area contributed by atoms with Crippen LogP contribution in [0.4, 0.5) is 0 Å². The molecule has 0 saturated heterocycles. The molecule has 0 N–H and O–H groups in total. The van der Waals surface area contributed by atoms with Crippen LogP contribution in [0.15, 0.2) is 40.9 Å². The van der Waals surface area contributed by atoms with Crippen molar-refractivity contribution in [2.24, 2.45) is 0 Å². The summed E-state index contributed by atoms with van der Waals surface area (Å²) in [6.07, 6.45) is 0. The number of hydrogen-bond acceptors (Lipinski definition) is 4. The first-order valence-electron chi connectivity index (χ1n) is 6.43. The van der Waals surface area contributed by atoms with E-state index < -0.39 is 0 Å². The molecule has 0 saturated carbocycles. The van der Waals surface area contributed by atoms with E-state index in [0.29, 0.717) is 39.8 Å². The molecule has 4 nitrogen and oxygen atoms in total. The van der Waals surface area contributed by atoms with Crippen LogP contribution in [-0.2, 0) is 0 Å². The van der Waals surface area contributed by atoms with Gasteiger partial charge in [0.25, 0.3) is 0 Å². The Morgan fingerprint density at radius 3 is 2.59 bits per heavy atom. The SMILES string of the molecule is COc1cccc(OCCOc2c(Br)cc(Cl)cc2C#N)c1. The molecular weight excluding hydrogens is 370 g/mol. The molecule has 2 aromatic carbocycles. The number of hydrogen-bond donors (Lipinski definition) is 0. The molecule has 0 radical (unpaired) electrons. The lowest BCUT2D eigenvalue weighted by atomic mass is 10.2. The number of rotatable bonds is 6. The van der Waals surface area contributed by atoms with Gasteiger partial charge in [0.05, 0.1) is 17.1 Å². The zero-order valence-electron chi connectivity index (χ0n) is 11.8. The second-order valence-electron chi connectivity index (χ2n) is 4.25. The predicted molar refractivity (Wildman–Crippen MR) is 87.9 cm³/mol. The highest BCUT2D eigenvalue weighted by Gasteiger charge is 2.10. The van der Waals surface area contributed by atoms with Gasteiger partial charge in [-0.1, -0.05) is 17.7 Å². The van der Waals surface area contributed by atoms with Gasteiger partial charge in [0.2, 0.25) is 0 Å². The smallest absolute Gasteiger partial charge is 0.151 e. The second kappa shape index (κ2) is 7.92. The lowest BCUT2D eigenvalue weighted by molar-refractivity contribution is 0.215. The van der Waals surface area contributed by atoms with Crippen LogP contribution < -0.4 is 14.2 Å². The molecule has 0 aliphatic rings. The van der Waals surface area contributed by atoms with Crippen LogP contribution in [0.3, 0.4) is 0 Å². The minimum Gasteiger partial charge on any atom is -0.497 e. The molecule has 0 atom stereocenters. The van der Waals surface area contributed by atoms with Crippen molar-refractivity contribution < 1.29 is 14.2 Å². The minimum atomic E-state index is 0.298. The van der Waals surface area contributed by atoms with E-state index in [1.54, 1.807) is 25.3 Å². The van der Waals surface area contributed by atoms with Gasteiger partial charge in [-0.2, -0.15) is 5.26 Å². The first kappa shape index (κ1) is 16.5. The zero-order chi connectivity index (χ0) is 15.9. The molecule has 2 aromatic rings. The summed E-state index contributed by atoms with van der Waals surface area (Å²) in [5.74, 6) is 1.88. The summed E-state index contributed by atoms with van der Waals surface area (Å²) in [4.78, 5) is 0. The number of ether oxygens (including phenoxy) is 3. The topological polar surface area (TPSA) is 51.5 Å². The molecule has 22 heavy (non-hydrogen) atoms. The summed E-state index contributed by atoms with van der Waals surface area (Å²) in [6.45, 7) is 0.638. The monoisotopic (exact) mass is 381 g/mol. The summed E-state index contributed by atoms with van der Waals surface area (Å²) in [5.41, 5.74) is 0.376. The van der Waals surface area contributed by atoms with E-state index in [9.17, 15) is 0 Å². The summed E-state index contributed by atoms with van der Waals surface area (Å²) < 4.78 is 16.9. The lowest BCUT2D eigenvalue weighted by Crippen LogP contribution is -2.10. The maximum absolute atomic E-state index is 9.10. The highest BCUT2D eigenvalue weighted by molar-refractivity contribution is 9.10. The van der Waals surface area contributed by atoms with Gasteiger partial charge in [-0.25, -0.2) is 0 Å². The van der Waals surface area contributed by atoms with Crippen LogP contribution in [0.25, 0.3) is 0 Å². The quantitative estimate of drug-likeness (QED) is 0.693. The van der Waals surface area contributed by atoms with E-state index >= 15 is 0 Å². The van der Waals surface area contributed by atoms with Gasteiger partial charge in [-0.3, -0.25) is 0 Å². The van der Waals surface area contributed by atoms with Crippen molar-refractivity contribution in [1.82, 2.24) is 0 Å². The second-order valence-corrected chi connectivity index (χ2v) is 5.54. The third-order valence-electron chi connectivity index (χ3n) is 2.77. The van der Waals surface area contributed by atoms with Crippen molar-refractivity contribution in [1.29, 1.82) is 5.26 Å². The average Bonchev–Trinajstić information content (AvgIpc) is 2.52. The third-order valence-corrected chi connectivity index (χ3v) is 3.58. The first-order chi connectivity index (χ1) is 10.6. The lowest BCUT2D eigenvalue weighted by Gasteiger charge is -2.11. The van der Waals surface area contributed by atoms with E-state index in [0.717, 1.165) is 5.75 Å². The molecule has 0 bridgehead atoms. The van der Waals surface area contributed by atoms with E-state index in [1.807, 2.05) is 18.2 Å². The predicted octanol–water partition coefficient (Wildman–Crippen LogP) is 4.44. The van der Waals surface area contributed by atoms with Gasteiger partial charge >= 0.3 is 0 Å². The molecule has 2 rings (SSSR count). The van der Waals surface area contributed by atoms with Gasteiger partial charge in [0.15, 0.2) is 5.75 Å². The number of nitrogens with zero attached hydrogens (tertiary/aromatic N) is 1. The fraction of sp³-hybridized carbons (Fsp3) is 0.188. The summed E-state index contributed by atoms with van der Waals surface area (Å²) in [7, 11) is 1.60. The number of benzene rings is 2. The van der Waals surface area contributed by atoms with Crippen LogP contribution in [0.2, 0.25) is 5.02 Å². The fourth-order valence-electron chi connectivity index (χ4n) is 1.78. The Morgan fingerprint density at radius 1 is 1.14 bits per heavy atom. The minimum absolute atomic E-state index is 0.298. The van der Waals surface area contributed by atoms with Crippen LogP contribution >= 0.6 is 27.5 Å². The molecule has 114 valence electrons. The Bertz CT molecular complexity index is 700. The number of nitriles is 1. The average molecular weight is 383 g/mol.